The molecule has 0 atom stereocenters. The molecular weight excluding hydrogens is 609 g/mol. The van der Waals surface area contributed by atoms with E-state index in [0.29, 0.717) is 5.70 Å². The number of aromatic nitrogens is 1. The maximum atomic E-state index is 10.6. The van der Waals surface area contributed by atoms with Crippen LogP contribution >= 0.6 is 11.3 Å². The number of thiazole rings is 1. The van der Waals surface area contributed by atoms with Gasteiger partial charge >= 0.3 is 0 Å². The highest BCUT2D eigenvalue weighted by atomic mass is 32.1. The van der Waals surface area contributed by atoms with E-state index >= 15 is 0 Å². The first kappa shape index (κ1) is 45.6. The van der Waals surface area contributed by atoms with E-state index in [1.54, 1.807) is 37.5 Å². The Hall–Kier alpha value is -3.53. The first-order valence-corrected chi connectivity index (χ1v) is 16.9. The number of carbonyl (C=O) groups is 2. The van der Waals surface area contributed by atoms with Gasteiger partial charge in [0.1, 0.15) is 11.9 Å². The zero-order chi connectivity index (χ0) is 36.8. The highest BCUT2D eigenvalue weighted by Crippen LogP contribution is 2.30. The summed E-state index contributed by atoms with van der Waals surface area (Å²) in [4.78, 5) is 34.3. The fourth-order valence-electron chi connectivity index (χ4n) is 4.37. The summed E-state index contributed by atoms with van der Waals surface area (Å²) < 4.78 is 1.12. The highest BCUT2D eigenvalue weighted by molar-refractivity contribution is 7.19. The summed E-state index contributed by atoms with van der Waals surface area (Å²) in [6.07, 6.45) is 12.7. The Balaban J connectivity index is 0. The minimum atomic E-state index is -1.06. The van der Waals surface area contributed by atoms with Crippen LogP contribution in [0, 0.1) is 12.3 Å². The summed E-state index contributed by atoms with van der Waals surface area (Å²) in [6, 6.07) is 4.18. The number of rotatable bonds is 13. The number of allylic oxidation sites excluding steroid dienone is 5. The van der Waals surface area contributed by atoms with E-state index in [0.717, 1.165) is 89.0 Å². The number of hydrogen-bond acceptors (Lipinski definition) is 8. The predicted molar refractivity (Wildman–Crippen MR) is 205 cm³/mol. The van der Waals surface area contributed by atoms with Gasteiger partial charge in [-0.1, -0.05) is 58.9 Å². The van der Waals surface area contributed by atoms with Crippen LogP contribution in [0.1, 0.15) is 111 Å². The fraction of sp³-hybridized carbons (Fsp3) is 0.500. The summed E-state index contributed by atoms with van der Waals surface area (Å²) in [5.74, 6) is 0.0394. The number of aryl methyl sites for hydroxylation is 1. The first-order chi connectivity index (χ1) is 22.0. The highest BCUT2D eigenvalue weighted by Gasteiger charge is 2.20. The van der Waals surface area contributed by atoms with Crippen molar-refractivity contribution in [3.63, 3.8) is 0 Å². The zero-order valence-corrected chi connectivity index (χ0v) is 31.8. The van der Waals surface area contributed by atoms with Gasteiger partial charge in [0, 0.05) is 49.2 Å². The number of aliphatic hydroxyl groups excluding tert-OH is 1. The van der Waals surface area contributed by atoms with Gasteiger partial charge in [0.25, 0.3) is 0 Å². The summed E-state index contributed by atoms with van der Waals surface area (Å²) in [5.41, 5.74) is 5.03. The third-order valence-corrected chi connectivity index (χ3v) is 7.77. The van der Waals surface area contributed by atoms with Crippen LogP contribution in [0.3, 0.4) is 0 Å². The lowest BCUT2D eigenvalue weighted by molar-refractivity contribution is -0.119. The zero-order valence-electron chi connectivity index (χ0n) is 31.0. The second kappa shape index (κ2) is 23.7. The van der Waals surface area contributed by atoms with Crippen molar-refractivity contribution in [1.82, 2.24) is 10.3 Å². The van der Waals surface area contributed by atoms with Gasteiger partial charge in [0.05, 0.1) is 20.9 Å². The van der Waals surface area contributed by atoms with E-state index in [-0.39, 0.29) is 11.3 Å². The molecular formula is C38H60N4O4S. The second-order valence-electron chi connectivity index (χ2n) is 11.7. The molecule has 0 saturated heterocycles. The van der Waals surface area contributed by atoms with Gasteiger partial charge < -0.3 is 20.3 Å². The molecule has 2 rings (SSSR count). The standard InChI is InChI=1S/C24H29N3OS.C9H18O.C4H9NO.CH4O/c1-9-11-15(3)26-16(4)21-12-20(13-22-23(21)29-18(6)27-22)19(10-2)14-25-17(5)24(7,8)28;1-4-6-9(3,8-10)7-5-2;1-3-5-4(2)6;1-2/h9-14,28H,1,5H2,2-4,6-8H3;8H,4-7H2,1-3H3;3H2,1-2H3,(H,5,6);2H,1H3/b15-11-,19-10+,25-14?,26-16?;;;. The predicted octanol–water partition coefficient (Wildman–Crippen LogP) is 8.80. The fourth-order valence-corrected chi connectivity index (χ4v) is 5.33. The van der Waals surface area contributed by atoms with Crippen LogP contribution in [0.5, 0.6) is 0 Å². The summed E-state index contributed by atoms with van der Waals surface area (Å²) in [7, 11) is 1.00. The molecule has 3 N–H and O–H groups in total. The number of benzene rings is 1. The number of fused-ring (bicyclic) bond motifs is 1. The maximum Gasteiger partial charge on any atom is 0.216 e. The van der Waals surface area contributed by atoms with Gasteiger partial charge in [-0.2, -0.15) is 0 Å². The number of nitrogens with zero attached hydrogens (tertiary/aromatic N) is 3. The monoisotopic (exact) mass is 668 g/mol. The van der Waals surface area contributed by atoms with Crippen LogP contribution in [0.2, 0.25) is 0 Å². The molecule has 262 valence electrons. The molecule has 0 aliphatic carbocycles. The Labute approximate surface area is 288 Å². The summed E-state index contributed by atoms with van der Waals surface area (Å²) in [6.45, 7) is 29.3. The molecule has 0 aliphatic rings. The number of amides is 1. The van der Waals surface area contributed by atoms with Crippen LogP contribution < -0.4 is 5.32 Å². The number of nitrogens with one attached hydrogen (secondary N) is 1. The van der Waals surface area contributed by atoms with E-state index in [2.05, 4.69) is 54.4 Å². The largest absolute Gasteiger partial charge is 0.400 e. The molecule has 0 aliphatic heterocycles. The SMILES string of the molecule is C=C/C=C(/C)N=C(C)c1cc(/C(C=NC(=C)C(C)(C)O)=C/C)cc2nc(C)sc12.CCCC(C)(C=O)CCC.CCNC(C)=O.CO. The molecule has 9 heteroatoms. The Morgan fingerprint density at radius 1 is 1.09 bits per heavy atom. The maximum absolute atomic E-state index is 10.6. The van der Waals surface area contributed by atoms with E-state index in [1.165, 1.54) is 6.92 Å². The molecule has 0 radical (unpaired) electrons. The average molecular weight is 669 g/mol. The van der Waals surface area contributed by atoms with E-state index in [9.17, 15) is 14.7 Å². The number of aliphatic hydroxyl groups is 2. The van der Waals surface area contributed by atoms with Gasteiger partial charge in [-0.05, 0) is 90.7 Å². The van der Waals surface area contributed by atoms with Gasteiger partial charge in [-0.3, -0.25) is 14.8 Å². The summed E-state index contributed by atoms with van der Waals surface area (Å²) >= 11 is 1.67. The van der Waals surface area contributed by atoms with E-state index < -0.39 is 5.60 Å². The number of carbonyl (C=O) groups excluding carboxylic acids is 2. The Morgan fingerprint density at radius 2 is 1.66 bits per heavy atom. The molecule has 0 bridgehead atoms. The molecule has 2 aromatic rings. The van der Waals surface area contributed by atoms with Crippen molar-refractivity contribution in [2.45, 2.75) is 107 Å². The van der Waals surface area contributed by atoms with Crippen LogP contribution in [0.4, 0.5) is 0 Å². The van der Waals surface area contributed by atoms with Gasteiger partial charge in [-0.25, -0.2) is 4.98 Å². The van der Waals surface area contributed by atoms with Crippen molar-refractivity contribution in [2.24, 2.45) is 15.4 Å². The van der Waals surface area contributed by atoms with Crippen molar-refractivity contribution >= 4 is 51.2 Å². The Bertz CT molecular complexity index is 1400. The van der Waals surface area contributed by atoms with Crippen molar-refractivity contribution in [3.8, 4) is 0 Å². The molecule has 1 aromatic heterocycles. The third-order valence-electron chi connectivity index (χ3n) is 6.75. The normalized spacial score (nSPS) is 12.3. The topological polar surface area (TPSA) is 124 Å². The Kier molecular flexibility index (Phi) is 23.0. The van der Waals surface area contributed by atoms with E-state index in [1.807, 2.05) is 53.7 Å². The lowest BCUT2D eigenvalue weighted by Gasteiger charge is -2.20. The molecule has 0 saturated carbocycles. The van der Waals surface area contributed by atoms with Gasteiger partial charge in [-0.15, -0.1) is 11.3 Å². The number of hydrogen-bond donors (Lipinski definition) is 3. The molecule has 47 heavy (non-hydrogen) atoms. The lowest BCUT2D eigenvalue weighted by Crippen LogP contribution is -2.19. The van der Waals surface area contributed by atoms with Crippen LogP contribution in [0.15, 0.2) is 64.9 Å². The first-order valence-electron chi connectivity index (χ1n) is 16.1. The number of aliphatic imine (C=N–C) groups is 2. The quantitative estimate of drug-likeness (QED) is 0.112. The molecule has 1 heterocycles. The van der Waals surface area contributed by atoms with E-state index in [4.69, 9.17) is 10.1 Å². The molecule has 8 nitrogen and oxygen atoms in total. The molecule has 1 amide bonds. The molecule has 0 spiro atoms. The summed E-state index contributed by atoms with van der Waals surface area (Å²) in [5, 5.41) is 20.6. The molecule has 1 aromatic carbocycles. The minimum Gasteiger partial charge on any atom is -0.400 e. The van der Waals surface area contributed by atoms with Crippen LogP contribution in [-0.4, -0.2) is 58.6 Å². The van der Waals surface area contributed by atoms with Crippen molar-refractivity contribution in [2.75, 3.05) is 13.7 Å². The number of aldehydes is 1. The van der Waals surface area contributed by atoms with Gasteiger partial charge in [0.15, 0.2) is 0 Å². The van der Waals surface area contributed by atoms with Gasteiger partial charge in [0.2, 0.25) is 5.91 Å². The molecule has 0 fully saturated rings. The second-order valence-corrected chi connectivity index (χ2v) is 12.9. The lowest BCUT2D eigenvalue weighted by atomic mass is 9.83. The van der Waals surface area contributed by atoms with Crippen molar-refractivity contribution < 1.29 is 19.8 Å². The van der Waals surface area contributed by atoms with Crippen LogP contribution in [0.25, 0.3) is 15.8 Å². The minimum absolute atomic E-state index is 0.0382. The van der Waals surface area contributed by atoms with Crippen LogP contribution in [-0.2, 0) is 9.59 Å². The van der Waals surface area contributed by atoms with Crippen molar-refractivity contribution in [3.05, 3.63) is 71.0 Å². The molecule has 0 unspecified atom stereocenters. The Morgan fingerprint density at radius 3 is 2.06 bits per heavy atom. The van der Waals surface area contributed by atoms with Crippen molar-refractivity contribution in [1.29, 1.82) is 0 Å². The smallest absolute Gasteiger partial charge is 0.216 e. The average Bonchev–Trinajstić information content (AvgIpc) is 3.38. The third kappa shape index (κ3) is 17.8.